The number of hydrogen-bond donors (Lipinski definition) is 1. The second kappa shape index (κ2) is 8.87. The second-order valence-corrected chi connectivity index (χ2v) is 8.08. The van der Waals surface area contributed by atoms with E-state index in [4.69, 9.17) is 21.4 Å². The Morgan fingerprint density at radius 1 is 1.23 bits per heavy atom. The van der Waals surface area contributed by atoms with Crippen LogP contribution in [0.4, 0.5) is 11.5 Å². The summed E-state index contributed by atoms with van der Waals surface area (Å²) in [6.45, 7) is 4.29. The second-order valence-electron chi connectivity index (χ2n) is 7.64. The lowest BCUT2D eigenvalue weighted by Crippen LogP contribution is -2.33. The minimum absolute atomic E-state index is 0.159. The molecule has 1 fully saturated rings. The molecule has 1 saturated heterocycles. The molecule has 4 rings (SSSR count). The largest absolute Gasteiger partial charge is 0.495 e. The number of aromatic nitrogens is 4. The molecule has 1 aliphatic rings. The van der Waals surface area contributed by atoms with Gasteiger partial charge in [0.1, 0.15) is 11.6 Å². The van der Waals surface area contributed by atoms with Gasteiger partial charge in [-0.2, -0.15) is 4.52 Å². The Morgan fingerprint density at radius 3 is 2.80 bits per heavy atom. The van der Waals surface area contributed by atoms with Gasteiger partial charge in [0.15, 0.2) is 11.5 Å². The highest BCUT2D eigenvalue weighted by molar-refractivity contribution is 6.31. The average Bonchev–Trinajstić information content (AvgIpc) is 3.15. The van der Waals surface area contributed by atoms with E-state index >= 15 is 0 Å². The van der Waals surface area contributed by atoms with E-state index in [-0.39, 0.29) is 12.3 Å². The summed E-state index contributed by atoms with van der Waals surface area (Å²) in [5.41, 5.74) is 1.22. The van der Waals surface area contributed by atoms with Crippen molar-refractivity contribution >= 4 is 34.7 Å². The number of aryl methyl sites for hydroxylation is 1. The molecule has 3 heterocycles. The number of benzene rings is 1. The molecule has 2 aromatic heterocycles. The SMILES string of the molecule is COc1ccc(Cl)cc1NC(=O)CCc1nnc2ccc(N3CCC(C)CC3)nn12. The third-order valence-electron chi connectivity index (χ3n) is 5.43. The van der Waals surface area contributed by atoms with Crippen LogP contribution in [0.3, 0.4) is 0 Å². The summed E-state index contributed by atoms with van der Waals surface area (Å²) in [4.78, 5) is 14.8. The standard InChI is InChI=1S/C21H25ClN6O2/c1-14-9-11-27(12-10-14)20-6-5-18-24-25-19(28(18)26-20)7-8-21(29)23-16-13-15(22)3-4-17(16)30-2/h3-6,13-14H,7-12H2,1-2H3,(H,23,29). The van der Waals surface area contributed by atoms with E-state index in [1.54, 1.807) is 29.8 Å². The molecule has 9 heteroatoms. The maximum atomic E-state index is 12.5. The average molecular weight is 429 g/mol. The van der Waals surface area contributed by atoms with E-state index in [0.717, 1.165) is 24.8 Å². The predicted octanol–water partition coefficient (Wildman–Crippen LogP) is 3.59. The summed E-state index contributed by atoms with van der Waals surface area (Å²) in [5, 5.41) is 16.5. The number of carbonyl (C=O) groups excluding carboxylic acids is 1. The van der Waals surface area contributed by atoms with Gasteiger partial charge in [-0.25, -0.2) is 0 Å². The number of piperidine rings is 1. The topological polar surface area (TPSA) is 84.6 Å². The smallest absolute Gasteiger partial charge is 0.224 e. The molecular formula is C21H25ClN6O2. The van der Waals surface area contributed by atoms with E-state index in [0.29, 0.717) is 34.4 Å². The highest BCUT2D eigenvalue weighted by Gasteiger charge is 2.18. The molecule has 1 N–H and O–H groups in total. The van der Waals surface area contributed by atoms with E-state index in [1.807, 2.05) is 12.1 Å². The Balaban J connectivity index is 1.44. The summed E-state index contributed by atoms with van der Waals surface area (Å²) < 4.78 is 7.01. The van der Waals surface area contributed by atoms with Crippen LogP contribution < -0.4 is 15.0 Å². The maximum Gasteiger partial charge on any atom is 0.224 e. The molecule has 3 aromatic rings. The molecule has 0 atom stereocenters. The van der Waals surface area contributed by atoms with Crippen LogP contribution in [0.1, 0.15) is 32.0 Å². The lowest BCUT2D eigenvalue weighted by Gasteiger charge is -2.30. The zero-order chi connectivity index (χ0) is 21.1. The Morgan fingerprint density at radius 2 is 2.03 bits per heavy atom. The molecule has 0 bridgehead atoms. The summed E-state index contributed by atoms with van der Waals surface area (Å²) in [6, 6.07) is 9.01. The van der Waals surface area contributed by atoms with Crippen LogP contribution in [0.15, 0.2) is 30.3 Å². The molecule has 30 heavy (non-hydrogen) atoms. The Labute approximate surface area is 180 Å². The van der Waals surface area contributed by atoms with Crippen molar-refractivity contribution < 1.29 is 9.53 Å². The molecule has 1 aliphatic heterocycles. The number of fused-ring (bicyclic) bond motifs is 1. The van der Waals surface area contributed by atoms with Crippen LogP contribution >= 0.6 is 11.6 Å². The fourth-order valence-corrected chi connectivity index (χ4v) is 3.77. The lowest BCUT2D eigenvalue weighted by molar-refractivity contribution is -0.116. The normalized spacial score (nSPS) is 14.8. The number of ether oxygens (including phenoxy) is 1. The van der Waals surface area contributed by atoms with Crippen molar-refractivity contribution in [3.8, 4) is 5.75 Å². The quantitative estimate of drug-likeness (QED) is 0.645. The number of nitrogens with one attached hydrogen (secondary N) is 1. The number of hydrogen-bond acceptors (Lipinski definition) is 6. The van der Waals surface area contributed by atoms with Gasteiger partial charge in [0, 0.05) is 31.0 Å². The molecule has 158 valence electrons. The van der Waals surface area contributed by atoms with E-state index < -0.39 is 0 Å². The van der Waals surface area contributed by atoms with Gasteiger partial charge < -0.3 is 15.0 Å². The van der Waals surface area contributed by atoms with Gasteiger partial charge in [0.05, 0.1) is 12.8 Å². The van der Waals surface area contributed by atoms with Gasteiger partial charge in [-0.15, -0.1) is 15.3 Å². The van der Waals surface area contributed by atoms with Crippen LogP contribution in [0.5, 0.6) is 5.75 Å². The van der Waals surface area contributed by atoms with Gasteiger partial charge in [-0.1, -0.05) is 18.5 Å². The van der Waals surface area contributed by atoms with Crippen LogP contribution in [0.2, 0.25) is 5.02 Å². The number of halogens is 1. The minimum Gasteiger partial charge on any atom is -0.495 e. The molecule has 0 unspecified atom stereocenters. The molecular weight excluding hydrogens is 404 g/mol. The first kappa shape index (κ1) is 20.4. The molecule has 8 nitrogen and oxygen atoms in total. The maximum absolute atomic E-state index is 12.5. The fourth-order valence-electron chi connectivity index (χ4n) is 3.60. The Kier molecular flexibility index (Phi) is 6.03. The number of rotatable bonds is 6. The first-order chi connectivity index (χ1) is 14.5. The first-order valence-corrected chi connectivity index (χ1v) is 10.5. The highest BCUT2D eigenvalue weighted by atomic mass is 35.5. The summed E-state index contributed by atoms with van der Waals surface area (Å²) in [5.74, 6) is 2.73. The molecule has 0 saturated carbocycles. The van der Waals surface area contributed by atoms with Gasteiger partial charge in [0.2, 0.25) is 5.91 Å². The Hall–Kier alpha value is -2.87. The van der Waals surface area contributed by atoms with Gasteiger partial charge in [-0.05, 0) is 49.1 Å². The third kappa shape index (κ3) is 4.48. The van der Waals surface area contributed by atoms with Crippen molar-refractivity contribution in [2.45, 2.75) is 32.6 Å². The molecule has 0 radical (unpaired) electrons. The van der Waals surface area contributed by atoms with Crippen molar-refractivity contribution in [1.29, 1.82) is 0 Å². The number of carbonyl (C=O) groups is 1. The zero-order valence-electron chi connectivity index (χ0n) is 17.1. The van der Waals surface area contributed by atoms with Crippen molar-refractivity contribution in [1.82, 2.24) is 19.8 Å². The van der Waals surface area contributed by atoms with E-state index in [9.17, 15) is 4.79 Å². The van der Waals surface area contributed by atoms with E-state index in [2.05, 4.69) is 27.3 Å². The zero-order valence-corrected chi connectivity index (χ0v) is 17.9. The van der Waals surface area contributed by atoms with Crippen molar-refractivity contribution in [2.75, 3.05) is 30.4 Å². The monoisotopic (exact) mass is 428 g/mol. The van der Waals surface area contributed by atoms with Crippen molar-refractivity contribution in [2.24, 2.45) is 5.92 Å². The molecule has 0 aliphatic carbocycles. The van der Waals surface area contributed by atoms with E-state index in [1.165, 1.54) is 12.8 Å². The van der Waals surface area contributed by atoms with Crippen LogP contribution in [-0.2, 0) is 11.2 Å². The van der Waals surface area contributed by atoms with Gasteiger partial charge in [0.25, 0.3) is 0 Å². The molecule has 0 spiro atoms. The highest BCUT2D eigenvalue weighted by Crippen LogP contribution is 2.28. The molecule has 1 amide bonds. The number of anilines is 2. The first-order valence-electron chi connectivity index (χ1n) is 10.1. The minimum atomic E-state index is -0.159. The number of nitrogens with zero attached hydrogens (tertiary/aromatic N) is 5. The number of methoxy groups -OCH3 is 1. The van der Waals surface area contributed by atoms with Gasteiger partial charge >= 0.3 is 0 Å². The molecule has 1 aromatic carbocycles. The van der Waals surface area contributed by atoms with Crippen molar-refractivity contribution in [3.05, 3.63) is 41.2 Å². The van der Waals surface area contributed by atoms with Crippen LogP contribution in [0.25, 0.3) is 5.65 Å². The number of amides is 1. The van der Waals surface area contributed by atoms with Crippen LogP contribution in [-0.4, -0.2) is 45.9 Å². The summed E-state index contributed by atoms with van der Waals surface area (Å²) in [7, 11) is 1.55. The predicted molar refractivity (Wildman–Crippen MR) is 116 cm³/mol. The van der Waals surface area contributed by atoms with Crippen LogP contribution in [0, 0.1) is 5.92 Å². The Bertz CT molecular complexity index is 1050. The fraction of sp³-hybridized carbons (Fsp3) is 0.429. The summed E-state index contributed by atoms with van der Waals surface area (Å²) >= 11 is 6.03. The summed E-state index contributed by atoms with van der Waals surface area (Å²) in [6.07, 6.45) is 3.00. The lowest BCUT2D eigenvalue weighted by atomic mass is 9.99. The van der Waals surface area contributed by atoms with Crippen molar-refractivity contribution in [3.63, 3.8) is 0 Å². The van der Waals surface area contributed by atoms with Gasteiger partial charge in [-0.3, -0.25) is 4.79 Å². The third-order valence-corrected chi connectivity index (χ3v) is 5.67.